The lowest BCUT2D eigenvalue weighted by molar-refractivity contribution is -0.274. The number of aliphatic hydroxyl groups excluding tert-OH is 1. The van der Waals surface area contributed by atoms with Crippen LogP contribution in [0.4, 0.5) is 13.2 Å². The van der Waals surface area contributed by atoms with Gasteiger partial charge in [0.25, 0.3) is 0 Å². The van der Waals surface area contributed by atoms with Crippen LogP contribution >= 0.6 is 0 Å². The lowest BCUT2D eigenvalue weighted by atomic mass is 10.1. The smallest absolute Gasteiger partial charge is 0.497 e. The van der Waals surface area contributed by atoms with E-state index in [4.69, 9.17) is 4.74 Å². The summed E-state index contributed by atoms with van der Waals surface area (Å²) in [7, 11) is 1.55. The number of benzene rings is 2. The maximum atomic E-state index is 12.3. The Kier molecular flexibility index (Phi) is 6.05. The van der Waals surface area contributed by atoms with Crippen LogP contribution in [-0.4, -0.2) is 25.2 Å². The number of halogens is 3. The van der Waals surface area contributed by atoms with Gasteiger partial charge in [0.1, 0.15) is 11.5 Å². The van der Waals surface area contributed by atoms with Crippen molar-refractivity contribution in [3.8, 4) is 11.5 Å². The first kappa shape index (κ1) is 18.1. The summed E-state index contributed by atoms with van der Waals surface area (Å²) in [6.07, 6.45) is -4.72. The Morgan fingerprint density at radius 3 is 2.46 bits per heavy atom. The third-order valence-electron chi connectivity index (χ3n) is 3.36. The number of ether oxygens (including phenoxy) is 2. The molecule has 0 aliphatic heterocycles. The van der Waals surface area contributed by atoms with Crippen LogP contribution in [0.5, 0.6) is 11.5 Å². The predicted molar refractivity (Wildman–Crippen MR) is 82.8 cm³/mol. The van der Waals surface area contributed by atoms with Gasteiger partial charge in [0, 0.05) is 6.54 Å². The summed E-state index contributed by atoms with van der Waals surface area (Å²) in [6, 6.07) is 12.5. The highest BCUT2D eigenvalue weighted by Crippen LogP contribution is 2.24. The van der Waals surface area contributed by atoms with Gasteiger partial charge in [0.15, 0.2) is 0 Å². The topological polar surface area (TPSA) is 50.7 Å². The second kappa shape index (κ2) is 8.03. The molecule has 0 spiro atoms. The van der Waals surface area contributed by atoms with Gasteiger partial charge in [-0.05, 0) is 35.4 Å². The van der Waals surface area contributed by atoms with E-state index >= 15 is 0 Å². The molecular weight excluding hydrogens is 323 g/mol. The van der Waals surface area contributed by atoms with Gasteiger partial charge in [0.05, 0.1) is 19.8 Å². The third-order valence-corrected chi connectivity index (χ3v) is 3.36. The molecule has 0 aliphatic carbocycles. The van der Waals surface area contributed by atoms with Crippen molar-refractivity contribution >= 4 is 0 Å². The highest BCUT2D eigenvalue weighted by molar-refractivity contribution is 5.31. The summed E-state index contributed by atoms with van der Waals surface area (Å²) in [5, 5.41) is 12.7. The molecular formula is C17H18F3NO3. The van der Waals surface area contributed by atoms with Gasteiger partial charge in [-0.1, -0.05) is 24.3 Å². The molecule has 0 aromatic heterocycles. The first-order valence-corrected chi connectivity index (χ1v) is 7.24. The minimum atomic E-state index is -4.72. The third kappa shape index (κ3) is 5.43. The van der Waals surface area contributed by atoms with Crippen molar-refractivity contribution in [1.29, 1.82) is 0 Å². The zero-order chi connectivity index (χ0) is 17.6. The monoisotopic (exact) mass is 341 g/mol. The van der Waals surface area contributed by atoms with E-state index in [1.54, 1.807) is 31.4 Å². The fourth-order valence-electron chi connectivity index (χ4n) is 2.24. The largest absolute Gasteiger partial charge is 0.573 e. The minimum Gasteiger partial charge on any atom is -0.497 e. The van der Waals surface area contributed by atoms with Crippen molar-refractivity contribution < 1.29 is 27.8 Å². The Labute approximate surface area is 137 Å². The van der Waals surface area contributed by atoms with Crippen molar-refractivity contribution in [2.24, 2.45) is 0 Å². The molecule has 0 saturated carbocycles. The van der Waals surface area contributed by atoms with Crippen LogP contribution in [0.25, 0.3) is 0 Å². The van der Waals surface area contributed by atoms with Gasteiger partial charge in [0.2, 0.25) is 0 Å². The average molecular weight is 341 g/mol. The van der Waals surface area contributed by atoms with Crippen molar-refractivity contribution in [2.45, 2.75) is 18.9 Å². The van der Waals surface area contributed by atoms with E-state index in [2.05, 4.69) is 10.1 Å². The first-order chi connectivity index (χ1) is 11.4. The van der Waals surface area contributed by atoms with Crippen LogP contribution in [0, 0.1) is 0 Å². The van der Waals surface area contributed by atoms with Crippen molar-refractivity contribution in [1.82, 2.24) is 5.32 Å². The summed E-state index contributed by atoms with van der Waals surface area (Å²) in [5.74, 6) is 0.386. The molecule has 0 aliphatic rings. The van der Waals surface area contributed by atoms with E-state index in [1.165, 1.54) is 18.2 Å². The van der Waals surface area contributed by atoms with Crippen LogP contribution in [0.2, 0.25) is 0 Å². The quantitative estimate of drug-likeness (QED) is 0.810. The Balaban J connectivity index is 2.04. The summed E-state index contributed by atoms with van der Waals surface area (Å²) in [5.41, 5.74) is 1.43. The predicted octanol–water partition coefficient (Wildman–Crippen LogP) is 3.42. The molecule has 2 N–H and O–H groups in total. The number of aliphatic hydroxyl groups is 1. The van der Waals surface area contributed by atoms with Gasteiger partial charge in [-0.2, -0.15) is 0 Å². The number of alkyl halides is 3. The van der Waals surface area contributed by atoms with E-state index < -0.39 is 6.36 Å². The molecule has 7 heteroatoms. The molecule has 24 heavy (non-hydrogen) atoms. The van der Waals surface area contributed by atoms with Crippen molar-refractivity contribution in [3.63, 3.8) is 0 Å². The fourth-order valence-corrected chi connectivity index (χ4v) is 2.24. The van der Waals surface area contributed by atoms with E-state index in [1.807, 2.05) is 6.07 Å². The van der Waals surface area contributed by atoms with E-state index in [0.717, 1.165) is 5.56 Å². The van der Waals surface area contributed by atoms with Crippen LogP contribution in [-0.2, 0) is 6.54 Å². The van der Waals surface area contributed by atoms with Crippen LogP contribution in [0.15, 0.2) is 48.5 Å². The van der Waals surface area contributed by atoms with E-state index in [-0.39, 0.29) is 24.9 Å². The number of hydrogen-bond acceptors (Lipinski definition) is 4. The van der Waals surface area contributed by atoms with E-state index in [9.17, 15) is 18.3 Å². The fraction of sp³-hybridized carbons (Fsp3) is 0.294. The van der Waals surface area contributed by atoms with Gasteiger partial charge in [-0.25, -0.2) is 0 Å². The average Bonchev–Trinajstić information content (AvgIpc) is 2.54. The van der Waals surface area contributed by atoms with Gasteiger partial charge >= 0.3 is 6.36 Å². The molecule has 0 heterocycles. The molecule has 2 aromatic carbocycles. The molecule has 0 bridgehead atoms. The summed E-state index contributed by atoms with van der Waals surface area (Å²) < 4.78 is 45.8. The Morgan fingerprint density at radius 1 is 1.08 bits per heavy atom. The molecule has 2 rings (SSSR count). The lowest BCUT2D eigenvalue weighted by Gasteiger charge is -2.18. The molecule has 130 valence electrons. The number of rotatable bonds is 7. The molecule has 0 saturated heterocycles. The Bertz CT molecular complexity index is 662. The normalized spacial score (nSPS) is 12.7. The summed E-state index contributed by atoms with van der Waals surface area (Å²) in [6.45, 7) is 0.114. The van der Waals surface area contributed by atoms with Gasteiger partial charge < -0.3 is 19.9 Å². The van der Waals surface area contributed by atoms with Gasteiger partial charge in [-0.3, -0.25) is 0 Å². The molecule has 1 unspecified atom stereocenters. The number of methoxy groups -OCH3 is 1. The highest BCUT2D eigenvalue weighted by atomic mass is 19.4. The van der Waals surface area contributed by atoms with E-state index in [0.29, 0.717) is 11.3 Å². The van der Waals surface area contributed by atoms with Crippen molar-refractivity contribution in [2.75, 3.05) is 13.7 Å². The maximum Gasteiger partial charge on any atom is 0.573 e. The summed E-state index contributed by atoms with van der Waals surface area (Å²) in [4.78, 5) is 0. The maximum absolute atomic E-state index is 12.3. The van der Waals surface area contributed by atoms with Crippen LogP contribution in [0.3, 0.4) is 0 Å². The molecule has 0 radical (unpaired) electrons. The molecule has 0 amide bonds. The molecule has 2 aromatic rings. The molecule has 1 atom stereocenters. The number of hydrogen-bond donors (Lipinski definition) is 2. The number of nitrogens with one attached hydrogen (secondary N) is 1. The standard InChI is InChI=1S/C17H18F3NO3/c1-23-14-6-3-5-13(9-14)16(11-22)21-10-12-4-2-7-15(8-12)24-17(18,19)20/h2-9,16,21-22H,10-11H2,1H3. The Hall–Kier alpha value is -2.25. The Morgan fingerprint density at radius 2 is 1.79 bits per heavy atom. The van der Waals surface area contributed by atoms with Gasteiger partial charge in [-0.15, -0.1) is 13.2 Å². The SMILES string of the molecule is COc1cccc(C(CO)NCc2cccc(OC(F)(F)F)c2)c1. The highest BCUT2D eigenvalue weighted by Gasteiger charge is 2.31. The second-order valence-corrected chi connectivity index (χ2v) is 5.09. The first-order valence-electron chi connectivity index (χ1n) is 7.24. The summed E-state index contributed by atoms with van der Waals surface area (Å²) >= 11 is 0. The molecule has 0 fully saturated rings. The molecule has 4 nitrogen and oxygen atoms in total. The van der Waals surface area contributed by atoms with Crippen molar-refractivity contribution in [3.05, 3.63) is 59.7 Å². The van der Waals surface area contributed by atoms with Crippen LogP contribution in [0.1, 0.15) is 17.2 Å². The zero-order valence-electron chi connectivity index (χ0n) is 13.0. The second-order valence-electron chi connectivity index (χ2n) is 5.09. The zero-order valence-corrected chi connectivity index (χ0v) is 13.0. The lowest BCUT2D eigenvalue weighted by Crippen LogP contribution is -2.24. The van der Waals surface area contributed by atoms with Crippen LogP contribution < -0.4 is 14.8 Å². The minimum absolute atomic E-state index is 0.161.